The van der Waals surface area contributed by atoms with Gasteiger partial charge in [-0.2, -0.15) is 0 Å². The summed E-state index contributed by atoms with van der Waals surface area (Å²) in [5, 5.41) is 3.01. The van der Waals surface area contributed by atoms with Crippen molar-refractivity contribution >= 4 is 19.4 Å². The van der Waals surface area contributed by atoms with Crippen LogP contribution in [0.4, 0.5) is 4.79 Å². The molecule has 3 unspecified atom stereocenters. The van der Waals surface area contributed by atoms with Gasteiger partial charge < -0.3 is 19.5 Å². The minimum Gasteiger partial charge on any atom is -0.444 e. The third kappa shape index (κ3) is 6.87. The molecule has 2 aliphatic carbocycles. The zero-order chi connectivity index (χ0) is 29.3. The van der Waals surface area contributed by atoms with Crippen molar-refractivity contribution in [2.75, 3.05) is 0 Å². The van der Waals surface area contributed by atoms with E-state index < -0.39 is 36.7 Å². The van der Waals surface area contributed by atoms with Crippen molar-refractivity contribution < 1.29 is 23.5 Å². The van der Waals surface area contributed by atoms with Gasteiger partial charge in [-0.1, -0.05) is 81.6 Å². The molecular weight excluding hydrogens is 523 g/mol. The topological polar surface area (TPSA) is 97.2 Å². The molecule has 0 radical (unpaired) electrons. The van der Waals surface area contributed by atoms with Crippen molar-refractivity contribution in [2.24, 2.45) is 16.8 Å². The van der Waals surface area contributed by atoms with Crippen LogP contribution < -0.4 is 5.32 Å². The highest BCUT2D eigenvalue weighted by atomic mass is 31.2. The summed E-state index contributed by atoms with van der Waals surface area (Å²) in [6.07, 6.45) is 4.10. The average Bonchev–Trinajstić information content (AvgIpc) is 3.18. The second kappa shape index (κ2) is 11.8. The molecule has 3 atom stereocenters. The number of benzene rings is 2. The van der Waals surface area contributed by atoms with E-state index in [1.165, 1.54) is 0 Å². The van der Waals surface area contributed by atoms with Crippen LogP contribution in [0.5, 0.6) is 0 Å². The summed E-state index contributed by atoms with van der Waals surface area (Å²) in [7, 11) is -4.44. The van der Waals surface area contributed by atoms with E-state index in [-0.39, 0.29) is 11.8 Å². The summed E-state index contributed by atoms with van der Waals surface area (Å²) >= 11 is 0. The van der Waals surface area contributed by atoms with Gasteiger partial charge in [0.15, 0.2) is 5.78 Å². The Morgan fingerprint density at radius 2 is 1.43 bits per heavy atom. The fraction of sp³-hybridized carbons (Fsp3) is 0.562. The lowest BCUT2D eigenvalue weighted by Gasteiger charge is -2.39. The van der Waals surface area contributed by atoms with E-state index in [9.17, 15) is 14.3 Å². The van der Waals surface area contributed by atoms with Crippen molar-refractivity contribution in [3.05, 3.63) is 59.7 Å². The maximum Gasteiger partial charge on any atom is 0.407 e. The Labute approximate surface area is 239 Å². The molecule has 0 heterocycles. The third-order valence-corrected chi connectivity index (χ3v) is 10.0. The average molecular weight is 569 g/mol. The molecule has 1 fully saturated rings. The number of nitrogens with one attached hydrogen (secondary N) is 1. The number of hydrogen-bond donors (Lipinski definition) is 2. The lowest BCUT2D eigenvalue weighted by Crippen LogP contribution is -2.50. The highest BCUT2D eigenvalue weighted by Gasteiger charge is 2.48. The van der Waals surface area contributed by atoms with Gasteiger partial charge in [-0.15, -0.1) is 0 Å². The molecule has 40 heavy (non-hydrogen) atoms. The van der Waals surface area contributed by atoms with E-state index in [2.05, 4.69) is 5.32 Å². The monoisotopic (exact) mass is 568 g/mol. The molecule has 0 spiro atoms. The van der Waals surface area contributed by atoms with Gasteiger partial charge >= 0.3 is 13.7 Å². The highest BCUT2D eigenvalue weighted by molar-refractivity contribution is 7.53. The predicted molar refractivity (Wildman–Crippen MR) is 161 cm³/mol. The first-order valence-corrected chi connectivity index (χ1v) is 16.1. The molecule has 1 amide bonds. The minimum absolute atomic E-state index is 0.0267. The first-order chi connectivity index (χ1) is 18.7. The molecule has 2 N–H and O–H groups in total. The number of nitrogens with zero attached hydrogens (tertiary/aromatic N) is 1. The largest absolute Gasteiger partial charge is 0.444 e. The highest BCUT2D eigenvalue weighted by Crippen LogP contribution is 2.56. The lowest BCUT2D eigenvalue weighted by molar-refractivity contribution is 0.0389. The van der Waals surface area contributed by atoms with E-state index in [1.807, 2.05) is 76.2 Å². The molecule has 2 aromatic rings. The van der Waals surface area contributed by atoms with E-state index in [0.29, 0.717) is 5.71 Å². The molecule has 0 aromatic heterocycles. The Bertz CT molecular complexity index is 1240. The van der Waals surface area contributed by atoms with Crippen molar-refractivity contribution in [1.82, 2.24) is 5.32 Å². The second-order valence-corrected chi connectivity index (χ2v) is 14.8. The maximum absolute atomic E-state index is 14.4. The number of carbonyl (C=O) groups is 1. The minimum atomic E-state index is -4.44. The zero-order valence-electron chi connectivity index (χ0n) is 24.9. The van der Waals surface area contributed by atoms with Crippen LogP contribution in [0.25, 0.3) is 11.1 Å². The Hall–Kier alpha value is -2.47. The summed E-state index contributed by atoms with van der Waals surface area (Å²) in [6.45, 7) is 13.0. The summed E-state index contributed by atoms with van der Waals surface area (Å²) < 4.78 is 26.2. The van der Waals surface area contributed by atoms with Gasteiger partial charge in [0.05, 0.1) is 17.4 Å². The number of alkyl carbamates (subject to hydrolysis) is 1. The van der Waals surface area contributed by atoms with Crippen LogP contribution in [0.1, 0.15) is 91.7 Å². The van der Waals surface area contributed by atoms with E-state index >= 15 is 0 Å². The molecule has 4 rings (SSSR count). The number of ether oxygens (including phenoxy) is 1. The summed E-state index contributed by atoms with van der Waals surface area (Å²) in [4.78, 5) is 30.1. The number of aliphatic imine (C=N–C) groups is 1. The Morgan fingerprint density at radius 1 is 0.925 bits per heavy atom. The second-order valence-electron chi connectivity index (χ2n) is 13.0. The zero-order valence-corrected chi connectivity index (χ0v) is 25.8. The first-order valence-electron chi connectivity index (χ1n) is 14.5. The molecule has 2 aromatic carbocycles. The number of amides is 1. The Morgan fingerprint density at radius 3 is 1.90 bits per heavy atom. The molecule has 7 nitrogen and oxygen atoms in total. The van der Waals surface area contributed by atoms with Gasteiger partial charge in [-0.3, -0.25) is 9.56 Å². The van der Waals surface area contributed by atoms with Crippen LogP contribution in [-0.2, 0) is 13.8 Å². The first kappa shape index (κ1) is 30.5. The van der Waals surface area contributed by atoms with Crippen molar-refractivity contribution in [1.29, 1.82) is 0 Å². The maximum atomic E-state index is 14.4. The van der Waals surface area contributed by atoms with Gasteiger partial charge in [0.2, 0.25) is 0 Å². The molecule has 0 aliphatic heterocycles. The quantitative estimate of drug-likeness (QED) is 0.269. The molecule has 0 bridgehead atoms. The fourth-order valence-electron chi connectivity index (χ4n) is 5.49. The number of rotatable bonds is 8. The molecule has 8 heteroatoms. The summed E-state index contributed by atoms with van der Waals surface area (Å²) in [6, 6.07) is 15.2. The summed E-state index contributed by atoms with van der Waals surface area (Å²) in [5.74, 6) is -1.30. The smallest absolute Gasteiger partial charge is 0.407 e. The van der Waals surface area contributed by atoms with Gasteiger partial charge in [0.25, 0.3) is 0 Å². The van der Waals surface area contributed by atoms with Crippen molar-refractivity contribution in [3.63, 3.8) is 0 Å². The number of hydrogen-bond acceptors (Lipinski definition) is 5. The molecule has 218 valence electrons. The number of carbonyl (C=O) groups excluding carboxylic acids is 1. The Balaban J connectivity index is 1.88. The SMILES string of the molecule is CC(C)C(C)(C)OP(=O)(O)C(N=C1c2ccccc2-c2ccccc21)C(NC(=O)OC(C)(C)C)C1CCCCC1. The van der Waals surface area contributed by atoms with Crippen LogP contribution in [-0.4, -0.2) is 39.7 Å². The van der Waals surface area contributed by atoms with Crippen LogP contribution in [0.3, 0.4) is 0 Å². The summed E-state index contributed by atoms with van der Waals surface area (Å²) in [5.41, 5.74) is 2.89. The van der Waals surface area contributed by atoms with Crippen molar-refractivity contribution in [3.8, 4) is 11.1 Å². The molecule has 2 aliphatic rings. The predicted octanol–water partition coefficient (Wildman–Crippen LogP) is 7.94. The molecule has 1 saturated carbocycles. The number of fused-ring (bicyclic) bond motifs is 3. The fourth-order valence-corrected chi connectivity index (χ4v) is 7.47. The molecular formula is C32H45N2O5P. The van der Waals surface area contributed by atoms with E-state index in [1.54, 1.807) is 20.8 Å². The van der Waals surface area contributed by atoms with Gasteiger partial charge in [-0.05, 0) is 70.4 Å². The third-order valence-electron chi connectivity index (χ3n) is 8.17. The normalized spacial score (nSPS) is 18.9. The van der Waals surface area contributed by atoms with Crippen LogP contribution in [0, 0.1) is 11.8 Å². The standard InChI is InChI=1S/C32H45N2O5P/c1-21(2)32(6,7)39-40(36,37)29(27(22-15-9-8-10-16-22)34-30(35)38-31(3,4)5)33-28-25-19-13-11-17-23(25)24-18-12-14-20-26(24)28/h11-14,17-22,27,29H,8-10,15-16H2,1-7H3,(H,34,35)(H,36,37). The van der Waals surface area contributed by atoms with Gasteiger partial charge in [0.1, 0.15) is 5.60 Å². The van der Waals surface area contributed by atoms with Gasteiger partial charge in [0, 0.05) is 11.1 Å². The van der Waals surface area contributed by atoms with Crippen LogP contribution in [0.2, 0.25) is 0 Å². The van der Waals surface area contributed by atoms with E-state index in [0.717, 1.165) is 54.4 Å². The van der Waals surface area contributed by atoms with Crippen LogP contribution >= 0.6 is 7.60 Å². The van der Waals surface area contributed by atoms with Crippen LogP contribution in [0.15, 0.2) is 53.5 Å². The lowest BCUT2D eigenvalue weighted by atomic mass is 9.83. The van der Waals surface area contributed by atoms with Gasteiger partial charge in [-0.25, -0.2) is 4.79 Å². The molecule has 0 saturated heterocycles. The van der Waals surface area contributed by atoms with Crippen molar-refractivity contribution in [2.45, 2.75) is 104 Å². The van der Waals surface area contributed by atoms with E-state index in [4.69, 9.17) is 14.3 Å². The Kier molecular flexibility index (Phi) is 8.99.